The van der Waals surface area contributed by atoms with Crippen molar-refractivity contribution in [1.29, 1.82) is 0 Å². The Balaban J connectivity index is 2.99. The van der Waals surface area contributed by atoms with Gasteiger partial charge < -0.3 is 15.9 Å². The zero-order chi connectivity index (χ0) is 11.6. The van der Waals surface area contributed by atoms with E-state index >= 15 is 0 Å². The summed E-state index contributed by atoms with van der Waals surface area (Å²) in [6, 6.07) is 1.54. The van der Waals surface area contributed by atoms with Gasteiger partial charge in [0.15, 0.2) is 5.75 Å². The summed E-state index contributed by atoms with van der Waals surface area (Å²) in [5.41, 5.74) is 6.20. The monoisotopic (exact) mass is 249 g/mol. The van der Waals surface area contributed by atoms with E-state index < -0.39 is 0 Å². The van der Waals surface area contributed by atoms with Gasteiger partial charge in [-0.05, 0) is 31.4 Å². The Hall–Kier alpha value is -0.640. The van der Waals surface area contributed by atoms with E-state index in [4.69, 9.17) is 28.9 Å². The summed E-state index contributed by atoms with van der Waals surface area (Å²) in [7, 11) is 0. The van der Waals surface area contributed by atoms with Crippen molar-refractivity contribution in [2.24, 2.45) is 5.73 Å². The van der Waals surface area contributed by atoms with E-state index in [0.29, 0.717) is 18.4 Å². The average molecular weight is 250 g/mol. The van der Waals surface area contributed by atoms with Crippen LogP contribution in [-0.4, -0.2) is 16.3 Å². The summed E-state index contributed by atoms with van der Waals surface area (Å²) in [6.07, 6.45) is 1.29. The van der Waals surface area contributed by atoms with Gasteiger partial charge in [0, 0.05) is 6.04 Å². The molecule has 0 aromatic heterocycles. The maximum atomic E-state index is 9.62. The molecule has 0 radical (unpaired) electrons. The third-order valence-electron chi connectivity index (χ3n) is 2.12. The standard InChI is InChI=1S/C10H13Cl2NO2/c1-5(13)2-3-6-4-7(11)10(15)8(12)9(6)14/h4-5,14-15H,2-3,13H2,1H3. The van der Waals surface area contributed by atoms with Crippen molar-refractivity contribution >= 4 is 23.2 Å². The first-order valence-corrected chi connectivity index (χ1v) is 5.33. The number of phenolic OH excluding ortho intramolecular Hbond substituents is 2. The summed E-state index contributed by atoms with van der Waals surface area (Å²) in [5.74, 6) is -0.417. The molecule has 0 aliphatic rings. The molecule has 0 aliphatic heterocycles. The topological polar surface area (TPSA) is 66.5 Å². The number of aromatic hydroxyl groups is 2. The molecule has 1 aromatic carbocycles. The molecule has 0 spiro atoms. The minimum Gasteiger partial charge on any atom is -0.506 e. The van der Waals surface area contributed by atoms with Crippen LogP contribution in [0, 0.1) is 0 Å². The third-order valence-corrected chi connectivity index (χ3v) is 2.76. The van der Waals surface area contributed by atoms with E-state index in [9.17, 15) is 10.2 Å². The molecule has 0 saturated carbocycles. The van der Waals surface area contributed by atoms with Crippen LogP contribution in [0.4, 0.5) is 0 Å². The number of rotatable bonds is 3. The zero-order valence-corrected chi connectivity index (χ0v) is 9.81. The molecule has 1 atom stereocenters. The maximum Gasteiger partial charge on any atom is 0.156 e. The van der Waals surface area contributed by atoms with E-state index in [-0.39, 0.29) is 27.6 Å². The molecule has 84 valence electrons. The predicted molar refractivity (Wildman–Crippen MR) is 61.8 cm³/mol. The lowest BCUT2D eigenvalue weighted by Gasteiger charge is -2.10. The quantitative estimate of drug-likeness (QED) is 0.772. The number of aryl methyl sites for hydroxylation is 1. The van der Waals surface area contributed by atoms with E-state index in [2.05, 4.69) is 0 Å². The Morgan fingerprint density at radius 1 is 1.33 bits per heavy atom. The van der Waals surface area contributed by atoms with Crippen molar-refractivity contribution in [3.05, 3.63) is 21.7 Å². The second-order valence-electron chi connectivity index (χ2n) is 3.54. The zero-order valence-electron chi connectivity index (χ0n) is 8.30. The van der Waals surface area contributed by atoms with Crippen molar-refractivity contribution in [2.45, 2.75) is 25.8 Å². The van der Waals surface area contributed by atoms with Crippen LogP contribution in [-0.2, 0) is 6.42 Å². The molecule has 15 heavy (non-hydrogen) atoms. The number of benzene rings is 1. The minimum atomic E-state index is -0.291. The molecule has 0 saturated heterocycles. The molecule has 0 fully saturated rings. The fraction of sp³-hybridized carbons (Fsp3) is 0.400. The van der Waals surface area contributed by atoms with Gasteiger partial charge in [0.25, 0.3) is 0 Å². The lowest BCUT2D eigenvalue weighted by Crippen LogP contribution is -2.15. The largest absolute Gasteiger partial charge is 0.506 e. The Labute approximate surface area is 98.4 Å². The molecule has 1 aromatic rings. The van der Waals surface area contributed by atoms with Gasteiger partial charge in [-0.1, -0.05) is 23.2 Å². The molecular weight excluding hydrogens is 237 g/mol. The minimum absolute atomic E-state index is 0.0377. The number of hydrogen-bond acceptors (Lipinski definition) is 3. The summed E-state index contributed by atoms with van der Waals surface area (Å²) >= 11 is 11.4. The van der Waals surface area contributed by atoms with Gasteiger partial charge in [0.05, 0.1) is 5.02 Å². The van der Waals surface area contributed by atoms with Crippen molar-refractivity contribution in [3.8, 4) is 11.5 Å². The second-order valence-corrected chi connectivity index (χ2v) is 4.33. The van der Waals surface area contributed by atoms with Crippen LogP contribution in [0.3, 0.4) is 0 Å². The van der Waals surface area contributed by atoms with Gasteiger partial charge in [-0.15, -0.1) is 0 Å². The second kappa shape index (κ2) is 4.92. The highest BCUT2D eigenvalue weighted by Crippen LogP contribution is 2.41. The van der Waals surface area contributed by atoms with E-state index in [1.807, 2.05) is 6.92 Å². The molecule has 0 bridgehead atoms. The van der Waals surface area contributed by atoms with Crippen LogP contribution in [0.15, 0.2) is 6.07 Å². The molecule has 1 rings (SSSR count). The fourth-order valence-corrected chi connectivity index (χ4v) is 1.72. The Morgan fingerprint density at radius 2 is 1.93 bits per heavy atom. The van der Waals surface area contributed by atoms with Gasteiger partial charge >= 0.3 is 0 Å². The number of nitrogens with two attached hydrogens (primary N) is 1. The fourth-order valence-electron chi connectivity index (χ4n) is 1.22. The van der Waals surface area contributed by atoms with Crippen LogP contribution >= 0.6 is 23.2 Å². The number of phenols is 2. The van der Waals surface area contributed by atoms with Crippen molar-refractivity contribution in [2.75, 3.05) is 0 Å². The molecule has 1 unspecified atom stereocenters. The Bertz CT molecular complexity index is 367. The van der Waals surface area contributed by atoms with E-state index in [0.717, 1.165) is 0 Å². The van der Waals surface area contributed by atoms with Crippen LogP contribution in [0.2, 0.25) is 10.0 Å². The van der Waals surface area contributed by atoms with Gasteiger partial charge in [0.2, 0.25) is 0 Å². The summed E-state index contributed by atoms with van der Waals surface area (Å²) in [4.78, 5) is 0. The van der Waals surface area contributed by atoms with Gasteiger partial charge in [0.1, 0.15) is 10.8 Å². The molecule has 5 heteroatoms. The van der Waals surface area contributed by atoms with Gasteiger partial charge in [-0.3, -0.25) is 0 Å². The summed E-state index contributed by atoms with van der Waals surface area (Å²) < 4.78 is 0. The third kappa shape index (κ3) is 2.91. The molecule has 4 N–H and O–H groups in total. The highest BCUT2D eigenvalue weighted by Gasteiger charge is 2.14. The summed E-state index contributed by atoms with van der Waals surface area (Å²) in [6.45, 7) is 1.88. The lowest BCUT2D eigenvalue weighted by molar-refractivity contribution is 0.445. The summed E-state index contributed by atoms with van der Waals surface area (Å²) in [5, 5.41) is 19.0. The van der Waals surface area contributed by atoms with Crippen LogP contribution in [0.5, 0.6) is 11.5 Å². The Kier molecular flexibility index (Phi) is 4.08. The van der Waals surface area contributed by atoms with Crippen molar-refractivity contribution < 1.29 is 10.2 Å². The Morgan fingerprint density at radius 3 is 2.47 bits per heavy atom. The molecule has 0 heterocycles. The SMILES string of the molecule is CC(N)CCc1cc(Cl)c(O)c(Cl)c1O. The first-order valence-electron chi connectivity index (χ1n) is 4.58. The maximum absolute atomic E-state index is 9.62. The van der Waals surface area contributed by atoms with E-state index in [1.165, 1.54) is 6.07 Å². The molecule has 0 aliphatic carbocycles. The normalized spacial score (nSPS) is 12.8. The number of hydrogen-bond donors (Lipinski definition) is 3. The highest BCUT2D eigenvalue weighted by molar-refractivity contribution is 6.38. The lowest BCUT2D eigenvalue weighted by atomic mass is 10.1. The average Bonchev–Trinajstić information content (AvgIpc) is 2.18. The first-order chi connectivity index (χ1) is 6.93. The van der Waals surface area contributed by atoms with Crippen LogP contribution in [0.25, 0.3) is 0 Å². The van der Waals surface area contributed by atoms with Crippen molar-refractivity contribution in [1.82, 2.24) is 0 Å². The van der Waals surface area contributed by atoms with Crippen molar-refractivity contribution in [3.63, 3.8) is 0 Å². The predicted octanol–water partition coefficient (Wildman–Crippen LogP) is 2.68. The van der Waals surface area contributed by atoms with Crippen LogP contribution in [0.1, 0.15) is 18.9 Å². The molecule has 3 nitrogen and oxygen atoms in total. The van der Waals surface area contributed by atoms with Crippen LogP contribution < -0.4 is 5.73 Å². The highest BCUT2D eigenvalue weighted by atomic mass is 35.5. The number of halogens is 2. The molecule has 0 amide bonds. The smallest absolute Gasteiger partial charge is 0.156 e. The molecular formula is C10H13Cl2NO2. The van der Waals surface area contributed by atoms with Gasteiger partial charge in [-0.2, -0.15) is 0 Å². The first kappa shape index (κ1) is 12.4. The van der Waals surface area contributed by atoms with Gasteiger partial charge in [-0.25, -0.2) is 0 Å². The van der Waals surface area contributed by atoms with E-state index in [1.54, 1.807) is 0 Å².